The summed E-state index contributed by atoms with van der Waals surface area (Å²) in [4.78, 5) is 7.42. The largest absolute Gasteiger partial charge is 0.378 e. The Hall–Kier alpha value is -2.39. The number of imidazole rings is 1. The quantitative estimate of drug-likeness (QED) is 0.742. The Morgan fingerprint density at radius 2 is 1.91 bits per heavy atom. The molecule has 3 aromatic rings. The fourth-order valence-electron chi connectivity index (χ4n) is 2.22. The van der Waals surface area contributed by atoms with Gasteiger partial charge in [-0.3, -0.25) is 0 Å². The number of nitriles is 1. The molecule has 0 spiro atoms. The Balaban J connectivity index is 2.11. The predicted molar refractivity (Wildman–Crippen MR) is 89.4 cm³/mol. The highest BCUT2D eigenvalue weighted by Gasteiger charge is 2.18. The van der Waals surface area contributed by atoms with Gasteiger partial charge >= 0.3 is 0 Å². The molecule has 0 aliphatic rings. The third kappa shape index (κ3) is 2.34. The van der Waals surface area contributed by atoms with E-state index in [1.807, 2.05) is 43.3 Å². The number of rotatable bonds is 3. The third-order valence-corrected chi connectivity index (χ3v) is 4.69. The van der Waals surface area contributed by atoms with Crippen molar-refractivity contribution in [1.29, 1.82) is 5.26 Å². The molecule has 112 valence electrons. The molecule has 0 bridgehead atoms. The minimum Gasteiger partial charge on any atom is -0.378 e. The van der Waals surface area contributed by atoms with Crippen LogP contribution in [0.3, 0.4) is 0 Å². The number of hydrogen-bond donors (Lipinski definition) is 0. The van der Waals surface area contributed by atoms with Gasteiger partial charge in [0.2, 0.25) is 4.96 Å². The average Bonchev–Trinajstić information content (AvgIpc) is 3.04. The zero-order valence-electron chi connectivity index (χ0n) is 13.0. The highest BCUT2D eigenvalue weighted by Crippen LogP contribution is 2.29. The first-order chi connectivity index (χ1) is 10.5. The van der Waals surface area contributed by atoms with E-state index < -0.39 is 0 Å². The van der Waals surface area contributed by atoms with Crippen LogP contribution in [0.4, 0.5) is 5.69 Å². The first-order valence-corrected chi connectivity index (χ1v) is 7.90. The number of hydrogen-bond acceptors (Lipinski definition) is 5. The second-order valence-electron chi connectivity index (χ2n) is 5.65. The average molecular weight is 311 g/mol. The molecular formula is C16H17N5S. The highest BCUT2D eigenvalue weighted by atomic mass is 32.1. The lowest BCUT2D eigenvalue weighted by Crippen LogP contribution is -2.07. The van der Waals surface area contributed by atoms with E-state index in [0.717, 1.165) is 21.2 Å². The molecule has 0 unspecified atom stereocenters. The van der Waals surface area contributed by atoms with Crippen molar-refractivity contribution in [3.05, 3.63) is 35.0 Å². The lowest BCUT2D eigenvalue weighted by Gasteiger charge is -2.12. The van der Waals surface area contributed by atoms with Gasteiger partial charge in [-0.2, -0.15) is 14.9 Å². The summed E-state index contributed by atoms with van der Waals surface area (Å²) in [7, 11) is 4.00. The maximum atomic E-state index is 9.50. The van der Waals surface area contributed by atoms with Gasteiger partial charge in [-0.15, -0.1) is 0 Å². The minimum absolute atomic E-state index is 0.334. The SMILES string of the molecule is CC(C)c1nn2c(C#N)c(-c3ccc(N(C)C)cc3)nc2s1. The van der Waals surface area contributed by atoms with Crippen molar-refractivity contribution in [3.63, 3.8) is 0 Å². The van der Waals surface area contributed by atoms with Crippen LogP contribution >= 0.6 is 11.3 Å². The van der Waals surface area contributed by atoms with Crippen LogP contribution in [0, 0.1) is 11.3 Å². The van der Waals surface area contributed by atoms with Crippen LogP contribution in [0.25, 0.3) is 16.2 Å². The van der Waals surface area contributed by atoms with E-state index in [1.54, 1.807) is 4.52 Å². The summed E-state index contributed by atoms with van der Waals surface area (Å²) < 4.78 is 1.66. The van der Waals surface area contributed by atoms with E-state index >= 15 is 0 Å². The Bertz CT molecular complexity index is 849. The van der Waals surface area contributed by atoms with Gasteiger partial charge in [0, 0.05) is 31.3 Å². The van der Waals surface area contributed by atoms with Crippen molar-refractivity contribution in [2.75, 3.05) is 19.0 Å². The smallest absolute Gasteiger partial charge is 0.214 e. The van der Waals surface area contributed by atoms with Crippen molar-refractivity contribution in [1.82, 2.24) is 14.6 Å². The Labute approximate surface area is 133 Å². The Morgan fingerprint density at radius 3 is 2.45 bits per heavy atom. The number of benzene rings is 1. The summed E-state index contributed by atoms with van der Waals surface area (Å²) in [5.41, 5.74) is 3.24. The van der Waals surface area contributed by atoms with Gasteiger partial charge in [0.15, 0.2) is 5.69 Å². The predicted octanol–water partition coefficient (Wildman–Crippen LogP) is 3.52. The molecule has 0 radical (unpaired) electrons. The van der Waals surface area contributed by atoms with Crippen molar-refractivity contribution in [2.45, 2.75) is 19.8 Å². The summed E-state index contributed by atoms with van der Waals surface area (Å²) in [6.07, 6.45) is 0. The molecule has 2 aromatic heterocycles. The van der Waals surface area contributed by atoms with E-state index in [-0.39, 0.29) is 0 Å². The lowest BCUT2D eigenvalue weighted by atomic mass is 10.1. The van der Waals surface area contributed by atoms with Crippen LogP contribution in [0.1, 0.15) is 30.5 Å². The van der Waals surface area contributed by atoms with Gasteiger partial charge in [0.25, 0.3) is 0 Å². The fourth-order valence-corrected chi connectivity index (χ4v) is 3.12. The summed E-state index contributed by atoms with van der Waals surface area (Å²) >= 11 is 1.54. The van der Waals surface area contributed by atoms with Crippen LogP contribution in [-0.2, 0) is 0 Å². The first-order valence-electron chi connectivity index (χ1n) is 7.08. The number of fused-ring (bicyclic) bond motifs is 1. The van der Waals surface area contributed by atoms with Crippen molar-refractivity contribution < 1.29 is 0 Å². The topological polar surface area (TPSA) is 57.2 Å². The van der Waals surface area contributed by atoms with E-state index in [1.165, 1.54) is 11.3 Å². The van der Waals surface area contributed by atoms with Crippen LogP contribution in [0.5, 0.6) is 0 Å². The molecule has 0 fully saturated rings. The fraction of sp³-hybridized carbons (Fsp3) is 0.312. The summed E-state index contributed by atoms with van der Waals surface area (Å²) in [6.45, 7) is 4.18. The second-order valence-corrected chi connectivity index (χ2v) is 6.64. The molecule has 3 rings (SSSR count). The van der Waals surface area contributed by atoms with Gasteiger partial charge in [-0.1, -0.05) is 37.3 Å². The van der Waals surface area contributed by atoms with Crippen molar-refractivity contribution in [2.24, 2.45) is 0 Å². The van der Waals surface area contributed by atoms with E-state index in [9.17, 15) is 5.26 Å². The molecule has 0 aliphatic heterocycles. The molecule has 6 heteroatoms. The number of aromatic nitrogens is 3. The number of nitrogens with zero attached hydrogens (tertiary/aromatic N) is 5. The normalized spacial score (nSPS) is 11.1. The molecule has 1 aromatic carbocycles. The molecule has 22 heavy (non-hydrogen) atoms. The minimum atomic E-state index is 0.334. The van der Waals surface area contributed by atoms with E-state index in [2.05, 4.69) is 30.0 Å². The van der Waals surface area contributed by atoms with Crippen LogP contribution in [0.2, 0.25) is 0 Å². The van der Waals surface area contributed by atoms with Gasteiger partial charge in [-0.25, -0.2) is 4.98 Å². The summed E-state index contributed by atoms with van der Waals surface area (Å²) in [5.74, 6) is 0.334. The van der Waals surface area contributed by atoms with Crippen molar-refractivity contribution >= 4 is 22.0 Å². The van der Waals surface area contributed by atoms with E-state index in [4.69, 9.17) is 0 Å². The maximum absolute atomic E-state index is 9.50. The monoisotopic (exact) mass is 311 g/mol. The van der Waals surface area contributed by atoms with E-state index in [0.29, 0.717) is 17.3 Å². The van der Waals surface area contributed by atoms with Crippen LogP contribution in [0.15, 0.2) is 24.3 Å². The zero-order chi connectivity index (χ0) is 15.9. The van der Waals surface area contributed by atoms with Crippen molar-refractivity contribution in [3.8, 4) is 17.3 Å². The first kappa shape index (κ1) is 14.5. The molecule has 5 nitrogen and oxygen atoms in total. The maximum Gasteiger partial charge on any atom is 0.214 e. The van der Waals surface area contributed by atoms with Gasteiger partial charge < -0.3 is 4.90 Å². The van der Waals surface area contributed by atoms with Gasteiger partial charge in [0.05, 0.1) is 0 Å². The summed E-state index contributed by atoms with van der Waals surface area (Å²) in [5, 5.41) is 15.0. The highest BCUT2D eigenvalue weighted by molar-refractivity contribution is 7.16. The standard InChI is InChI=1S/C16H17N5S/c1-10(2)15-19-21-13(9-17)14(18-16(21)22-15)11-5-7-12(8-6-11)20(3)4/h5-8,10H,1-4H3. The zero-order valence-corrected chi connectivity index (χ0v) is 13.8. The molecule has 2 heterocycles. The molecule has 0 amide bonds. The molecule has 0 aliphatic carbocycles. The van der Waals surface area contributed by atoms with Gasteiger partial charge in [-0.05, 0) is 12.1 Å². The second kappa shape index (κ2) is 5.43. The third-order valence-electron chi connectivity index (χ3n) is 3.48. The molecule has 0 saturated heterocycles. The molecular weight excluding hydrogens is 294 g/mol. The molecule has 0 saturated carbocycles. The Morgan fingerprint density at radius 1 is 1.23 bits per heavy atom. The van der Waals surface area contributed by atoms with Gasteiger partial charge in [0.1, 0.15) is 16.8 Å². The summed E-state index contributed by atoms with van der Waals surface area (Å²) in [6, 6.07) is 10.3. The molecule has 0 N–H and O–H groups in total. The molecule has 0 atom stereocenters. The van der Waals surface area contributed by atoms with Crippen LogP contribution < -0.4 is 4.90 Å². The van der Waals surface area contributed by atoms with Crippen LogP contribution in [-0.4, -0.2) is 28.7 Å². The lowest BCUT2D eigenvalue weighted by molar-refractivity contribution is 0.798. The Kier molecular flexibility index (Phi) is 3.59. The number of anilines is 1.